The van der Waals surface area contributed by atoms with Crippen LogP contribution in [-0.4, -0.2) is 21.0 Å². The van der Waals surface area contributed by atoms with Crippen molar-refractivity contribution in [1.82, 2.24) is 4.98 Å². The number of carbonyl (C=O) groups is 1. The molecule has 1 aromatic carbocycles. The third-order valence-electron chi connectivity index (χ3n) is 2.68. The molecular formula is C14H14NO5P. The van der Waals surface area contributed by atoms with Crippen molar-refractivity contribution in [2.75, 3.05) is 0 Å². The van der Waals surface area contributed by atoms with Gasteiger partial charge in [-0.1, -0.05) is 36.4 Å². The van der Waals surface area contributed by atoms with Crippen LogP contribution in [0.2, 0.25) is 0 Å². The van der Waals surface area contributed by atoms with E-state index in [1.54, 1.807) is 42.5 Å². The van der Waals surface area contributed by atoms with E-state index in [4.69, 9.17) is 9.63 Å². The van der Waals surface area contributed by atoms with Crippen molar-refractivity contribution >= 4 is 13.6 Å². The second-order valence-corrected chi connectivity index (χ2v) is 6.16. The maximum atomic E-state index is 12.1. The van der Waals surface area contributed by atoms with Gasteiger partial charge in [-0.15, -0.1) is 0 Å². The van der Waals surface area contributed by atoms with E-state index < -0.39 is 19.7 Å². The van der Waals surface area contributed by atoms with Crippen LogP contribution in [0.1, 0.15) is 17.4 Å². The lowest BCUT2D eigenvalue weighted by Crippen LogP contribution is -2.16. The monoisotopic (exact) mass is 307 g/mol. The van der Waals surface area contributed by atoms with Gasteiger partial charge in [-0.05, 0) is 17.7 Å². The Hall–Kier alpha value is -2.01. The summed E-state index contributed by atoms with van der Waals surface area (Å²) in [6.07, 6.45) is -0.441. The predicted molar refractivity (Wildman–Crippen MR) is 75.7 cm³/mol. The molecule has 2 atom stereocenters. The first-order valence-electron chi connectivity index (χ1n) is 6.16. The lowest BCUT2D eigenvalue weighted by molar-refractivity contribution is -0.146. The zero-order chi connectivity index (χ0) is 15.3. The first kappa shape index (κ1) is 15.4. The summed E-state index contributed by atoms with van der Waals surface area (Å²) < 4.78 is 17.1. The number of hydrogen-bond acceptors (Lipinski definition) is 4. The zero-order valence-corrected chi connectivity index (χ0v) is 11.9. The van der Waals surface area contributed by atoms with Crippen LogP contribution < -0.4 is 0 Å². The van der Waals surface area contributed by atoms with E-state index in [-0.39, 0.29) is 11.9 Å². The van der Waals surface area contributed by atoms with E-state index >= 15 is 0 Å². The first-order valence-corrected chi connectivity index (χ1v) is 7.92. The summed E-state index contributed by atoms with van der Waals surface area (Å²) in [7, 11) is -4.11. The molecule has 0 saturated heterocycles. The number of carboxylic acid groups (broad SMARTS) is 1. The minimum atomic E-state index is -4.11. The van der Waals surface area contributed by atoms with Crippen molar-refractivity contribution in [3.8, 4) is 0 Å². The number of nitrogens with zero attached hydrogens (tertiary/aromatic N) is 1. The van der Waals surface area contributed by atoms with E-state index in [1.807, 2.05) is 0 Å². The number of benzene rings is 1. The van der Waals surface area contributed by atoms with Crippen molar-refractivity contribution in [2.24, 2.45) is 0 Å². The lowest BCUT2D eigenvalue weighted by Gasteiger charge is -2.17. The van der Waals surface area contributed by atoms with Gasteiger partial charge in [-0.3, -0.25) is 14.1 Å². The third-order valence-corrected chi connectivity index (χ3v) is 3.98. The van der Waals surface area contributed by atoms with E-state index in [0.717, 1.165) is 0 Å². The smallest absolute Gasteiger partial charge is 0.339 e. The average molecular weight is 307 g/mol. The molecule has 21 heavy (non-hydrogen) atoms. The van der Waals surface area contributed by atoms with Crippen LogP contribution in [0.3, 0.4) is 0 Å². The molecule has 0 spiro atoms. The molecule has 1 aromatic heterocycles. The van der Waals surface area contributed by atoms with Gasteiger partial charge in [0.15, 0.2) is 0 Å². The summed E-state index contributed by atoms with van der Waals surface area (Å²) in [5, 5.41) is 9.16. The van der Waals surface area contributed by atoms with E-state index in [0.29, 0.717) is 5.56 Å². The van der Waals surface area contributed by atoms with Gasteiger partial charge in [0.1, 0.15) is 0 Å². The fraction of sp³-hybridized carbons (Fsp3) is 0.143. The van der Waals surface area contributed by atoms with Crippen molar-refractivity contribution in [3.05, 3.63) is 66.0 Å². The topological polar surface area (TPSA) is 96.7 Å². The summed E-state index contributed by atoms with van der Waals surface area (Å²) in [6, 6.07) is 13.2. The van der Waals surface area contributed by atoms with Crippen molar-refractivity contribution in [3.63, 3.8) is 0 Å². The quantitative estimate of drug-likeness (QED) is 0.796. The second kappa shape index (κ2) is 6.63. The fourth-order valence-electron chi connectivity index (χ4n) is 1.77. The van der Waals surface area contributed by atoms with Crippen LogP contribution in [0, 0.1) is 0 Å². The number of carboxylic acids is 1. The largest absolute Gasteiger partial charge is 0.479 e. The summed E-state index contributed by atoms with van der Waals surface area (Å²) in [5.41, 5.74) is 0.667. The Morgan fingerprint density at radius 3 is 2.43 bits per heavy atom. The molecule has 2 unspecified atom stereocenters. The molecule has 7 heteroatoms. The minimum absolute atomic E-state index is 0.0762. The molecular weight excluding hydrogens is 293 g/mol. The van der Waals surface area contributed by atoms with Crippen LogP contribution in [0.15, 0.2) is 54.7 Å². The molecule has 0 fully saturated rings. The maximum Gasteiger partial charge on any atom is 0.339 e. The molecule has 0 saturated carbocycles. The van der Waals surface area contributed by atoms with Gasteiger partial charge in [-0.25, -0.2) is 4.79 Å². The summed E-state index contributed by atoms with van der Waals surface area (Å²) in [6.45, 7) is 0. The zero-order valence-electron chi connectivity index (χ0n) is 11.0. The fourth-order valence-corrected chi connectivity index (χ4v) is 3.05. The molecule has 2 aromatic rings. The highest BCUT2D eigenvalue weighted by atomic mass is 31.2. The second-order valence-electron chi connectivity index (χ2n) is 4.36. The van der Waals surface area contributed by atoms with Crippen molar-refractivity contribution in [2.45, 2.75) is 12.3 Å². The molecule has 0 bridgehead atoms. The van der Waals surface area contributed by atoms with Crippen LogP contribution >= 0.6 is 7.60 Å². The first-order chi connectivity index (χ1) is 9.98. The summed E-state index contributed by atoms with van der Waals surface area (Å²) in [5.74, 6) is -1.36. The van der Waals surface area contributed by atoms with Gasteiger partial charge in [-0.2, -0.15) is 0 Å². The van der Waals surface area contributed by atoms with Gasteiger partial charge in [0.05, 0.1) is 11.9 Å². The molecule has 0 radical (unpaired) electrons. The van der Waals surface area contributed by atoms with Crippen molar-refractivity contribution < 1.29 is 23.9 Å². The summed E-state index contributed by atoms with van der Waals surface area (Å²) >= 11 is 0. The van der Waals surface area contributed by atoms with Crippen molar-refractivity contribution in [1.29, 1.82) is 0 Å². The Morgan fingerprint density at radius 2 is 1.86 bits per heavy atom. The Balaban J connectivity index is 2.16. The van der Waals surface area contributed by atoms with Crippen LogP contribution in [0.4, 0.5) is 0 Å². The van der Waals surface area contributed by atoms with Crippen LogP contribution in [-0.2, 0) is 20.0 Å². The molecule has 1 heterocycles. The van der Waals surface area contributed by atoms with E-state index in [1.165, 1.54) is 12.3 Å². The van der Waals surface area contributed by atoms with Crippen LogP contribution in [0.25, 0.3) is 0 Å². The molecule has 0 aliphatic carbocycles. The summed E-state index contributed by atoms with van der Waals surface area (Å²) in [4.78, 5) is 25.0. The van der Waals surface area contributed by atoms with E-state index in [2.05, 4.69) is 4.98 Å². The highest BCUT2D eigenvalue weighted by molar-refractivity contribution is 7.52. The van der Waals surface area contributed by atoms with Gasteiger partial charge >= 0.3 is 13.6 Å². The SMILES string of the molecule is O=C(O)C(OP(=O)(O)Cc1ccccc1)c1ccccn1. The normalized spacial score (nSPS) is 15.1. The number of aliphatic carboxylic acids is 1. The maximum absolute atomic E-state index is 12.1. The standard InChI is InChI=1S/C14H14NO5P/c16-14(17)13(12-8-4-5-9-15-12)20-21(18,19)10-11-6-2-1-3-7-11/h1-9,13H,10H2,(H,16,17)(H,18,19). The molecule has 2 N–H and O–H groups in total. The number of rotatable bonds is 6. The molecule has 2 rings (SSSR count). The molecule has 0 aliphatic heterocycles. The Labute approximate surface area is 121 Å². The minimum Gasteiger partial charge on any atom is -0.479 e. The number of pyridine rings is 1. The number of hydrogen-bond donors (Lipinski definition) is 2. The molecule has 0 aliphatic rings. The van der Waals surface area contributed by atoms with Gasteiger partial charge in [0, 0.05) is 6.20 Å². The van der Waals surface area contributed by atoms with Crippen LogP contribution in [0.5, 0.6) is 0 Å². The van der Waals surface area contributed by atoms with E-state index in [9.17, 15) is 14.3 Å². The number of aromatic nitrogens is 1. The molecule has 6 nitrogen and oxygen atoms in total. The Morgan fingerprint density at radius 1 is 1.19 bits per heavy atom. The highest BCUT2D eigenvalue weighted by Gasteiger charge is 2.31. The highest BCUT2D eigenvalue weighted by Crippen LogP contribution is 2.49. The van der Waals surface area contributed by atoms with Gasteiger partial charge in [0.2, 0.25) is 6.10 Å². The molecule has 0 amide bonds. The van der Waals surface area contributed by atoms with Gasteiger partial charge in [0.25, 0.3) is 0 Å². The Bertz CT molecular complexity index is 647. The Kier molecular flexibility index (Phi) is 4.85. The predicted octanol–water partition coefficient (Wildman–Crippen LogP) is 2.61. The average Bonchev–Trinajstić information content (AvgIpc) is 2.46. The third kappa shape index (κ3) is 4.49. The lowest BCUT2D eigenvalue weighted by atomic mass is 10.2. The molecule has 110 valence electrons. The van der Waals surface area contributed by atoms with Gasteiger partial charge < -0.3 is 10.00 Å².